The van der Waals surface area contributed by atoms with Gasteiger partial charge < -0.3 is 4.90 Å². The van der Waals surface area contributed by atoms with Crippen LogP contribution in [0, 0.1) is 16.2 Å². The van der Waals surface area contributed by atoms with Crippen LogP contribution in [0.4, 0.5) is 4.79 Å². The molecule has 0 radical (unpaired) electrons. The minimum absolute atomic E-state index is 0.0442. The van der Waals surface area contributed by atoms with Gasteiger partial charge in [0.05, 0.1) is 8.07 Å². The summed E-state index contributed by atoms with van der Waals surface area (Å²) >= 11 is 0. The number of nitrogens with zero attached hydrogens (tertiary/aromatic N) is 2. The minimum atomic E-state index is -1.39. The Morgan fingerprint density at radius 1 is 1.03 bits per heavy atom. The molecule has 0 N–H and O–H groups in total. The van der Waals surface area contributed by atoms with Gasteiger partial charge in [0.15, 0.2) is 0 Å². The molecule has 178 valence electrons. The van der Waals surface area contributed by atoms with Crippen LogP contribution in [0.15, 0.2) is 24.9 Å². The van der Waals surface area contributed by atoms with E-state index in [1.54, 1.807) is 4.90 Å². The van der Waals surface area contributed by atoms with Gasteiger partial charge in [-0.2, -0.15) is 0 Å². The third-order valence-electron chi connectivity index (χ3n) is 9.14. The van der Waals surface area contributed by atoms with Crippen LogP contribution in [-0.4, -0.2) is 49.4 Å². The number of rotatable bonds is 14. The average Bonchev–Trinajstić information content (AvgIpc) is 3.00. The zero-order valence-electron chi connectivity index (χ0n) is 21.6. The SMILES string of the molecule is C=CC(C)(CCCN1C(=O)CN(CCC[Si](C)(C=C)CC)C1=O)C(C)(C)C(C)(C)CC. The molecule has 1 aliphatic rings. The van der Waals surface area contributed by atoms with Crippen LogP contribution in [0.3, 0.4) is 0 Å². The van der Waals surface area contributed by atoms with Gasteiger partial charge >= 0.3 is 6.03 Å². The Morgan fingerprint density at radius 2 is 1.65 bits per heavy atom. The number of amides is 3. The first-order valence-corrected chi connectivity index (χ1v) is 15.1. The highest BCUT2D eigenvalue weighted by molar-refractivity contribution is 6.83. The van der Waals surface area contributed by atoms with Crippen LogP contribution >= 0.6 is 0 Å². The van der Waals surface area contributed by atoms with Gasteiger partial charge in [0, 0.05) is 13.1 Å². The van der Waals surface area contributed by atoms with Crippen molar-refractivity contribution < 1.29 is 9.59 Å². The van der Waals surface area contributed by atoms with Crippen LogP contribution in [-0.2, 0) is 4.79 Å². The molecule has 0 spiro atoms. The van der Waals surface area contributed by atoms with Crippen LogP contribution in [0.2, 0.25) is 18.6 Å². The van der Waals surface area contributed by atoms with E-state index in [1.165, 1.54) is 10.9 Å². The predicted molar refractivity (Wildman–Crippen MR) is 136 cm³/mol. The van der Waals surface area contributed by atoms with Crippen molar-refractivity contribution in [2.24, 2.45) is 16.2 Å². The van der Waals surface area contributed by atoms with E-state index < -0.39 is 8.07 Å². The lowest BCUT2D eigenvalue weighted by atomic mass is 9.52. The highest BCUT2D eigenvalue weighted by Crippen LogP contribution is 2.55. The molecule has 31 heavy (non-hydrogen) atoms. The van der Waals surface area contributed by atoms with E-state index in [0.717, 1.165) is 31.7 Å². The molecule has 1 rings (SSSR count). The molecule has 3 amide bonds. The molecule has 0 aliphatic carbocycles. The first kappa shape index (κ1) is 27.7. The molecule has 0 aromatic heterocycles. The van der Waals surface area contributed by atoms with Crippen LogP contribution < -0.4 is 0 Å². The highest BCUT2D eigenvalue weighted by Gasteiger charge is 2.47. The van der Waals surface area contributed by atoms with Crippen molar-refractivity contribution in [3.8, 4) is 0 Å². The largest absolute Gasteiger partial charge is 0.327 e. The van der Waals surface area contributed by atoms with Gasteiger partial charge in [-0.15, -0.1) is 18.9 Å². The number of imide groups is 1. The molecule has 2 atom stereocenters. The van der Waals surface area contributed by atoms with Crippen molar-refractivity contribution in [1.82, 2.24) is 9.80 Å². The second kappa shape index (κ2) is 10.5. The highest BCUT2D eigenvalue weighted by atomic mass is 28.3. The van der Waals surface area contributed by atoms with Crippen molar-refractivity contribution in [2.45, 2.75) is 92.8 Å². The van der Waals surface area contributed by atoms with Crippen molar-refractivity contribution in [1.29, 1.82) is 0 Å². The molecule has 4 nitrogen and oxygen atoms in total. The van der Waals surface area contributed by atoms with Gasteiger partial charge in [-0.25, -0.2) is 4.79 Å². The summed E-state index contributed by atoms with van der Waals surface area (Å²) in [4.78, 5) is 28.6. The van der Waals surface area contributed by atoms with E-state index in [9.17, 15) is 9.59 Å². The summed E-state index contributed by atoms with van der Waals surface area (Å²) < 4.78 is 0. The molecular formula is C26H48N2O2Si. The topological polar surface area (TPSA) is 40.6 Å². The van der Waals surface area contributed by atoms with E-state index in [-0.39, 0.29) is 34.7 Å². The molecule has 0 bridgehead atoms. The Hall–Kier alpha value is -1.36. The van der Waals surface area contributed by atoms with Gasteiger partial charge in [-0.05, 0) is 35.5 Å². The van der Waals surface area contributed by atoms with Crippen molar-refractivity contribution >= 4 is 20.0 Å². The molecule has 0 saturated carbocycles. The van der Waals surface area contributed by atoms with Gasteiger partial charge in [-0.1, -0.05) is 79.6 Å². The summed E-state index contributed by atoms with van der Waals surface area (Å²) in [5.41, 5.74) is 2.28. The van der Waals surface area contributed by atoms with Crippen LogP contribution in [0.5, 0.6) is 0 Å². The zero-order chi connectivity index (χ0) is 24.1. The summed E-state index contributed by atoms with van der Waals surface area (Å²) in [7, 11) is -1.39. The normalized spacial score (nSPS) is 19.4. The summed E-state index contributed by atoms with van der Waals surface area (Å²) in [6, 6.07) is 2.17. The van der Waals surface area contributed by atoms with Crippen molar-refractivity contribution in [3.05, 3.63) is 24.9 Å². The maximum atomic E-state index is 12.8. The maximum Gasteiger partial charge on any atom is 0.327 e. The fraction of sp³-hybridized carbons (Fsp3) is 0.769. The van der Waals surface area contributed by atoms with E-state index >= 15 is 0 Å². The van der Waals surface area contributed by atoms with Crippen molar-refractivity contribution in [3.63, 3.8) is 0 Å². The molecular weight excluding hydrogens is 400 g/mol. The Bertz CT molecular complexity index is 672. The van der Waals surface area contributed by atoms with E-state index in [4.69, 9.17) is 0 Å². The number of hydrogen-bond donors (Lipinski definition) is 0. The lowest BCUT2D eigenvalue weighted by Gasteiger charge is -2.53. The van der Waals surface area contributed by atoms with Gasteiger partial charge in [0.25, 0.3) is 0 Å². The molecule has 2 unspecified atom stereocenters. The Morgan fingerprint density at radius 3 is 2.13 bits per heavy atom. The molecule has 0 aromatic rings. The third kappa shape index (κ3) is 5.91. The number of urea groups is 1. The standard InChI is InChI=1S/C26H48N2O2Si/c1-11-24(5,6)25(7,8)26(9,12-2)17-15-19-28-22(29)21-27(23(28)30)18-16-20-31(10,13-3)14-4/h12-13H,2-3,11,14-21H2,1,4-10H3. The first-order valence-electron chi connectivity index (χ1n) is 12.1. The zero-order valence-corrected chi connectivity index (χ0v) is 22.6. The smallest absolute Gasteiger partial charge is 0.315 e. The second-order valence-corrected chi connectivity index (χ2v) is 16.1. The average molecular weight is 449 g/mol. The summed E-state index contributed by atoms with van der Waals surface area (Å²) in [5.74, 6) is -0.0577. The molecule has 1 saturated heterocycles. The number of allylic oxidation sites excluding steroid dienone is 1. The number of carbonyl (C=O) groups is 2. The van der Waals surface area contributed by atoms with Crippen molar-refractivity contribution in [2.75, 3.05) is 19.6 Å². The Labute approximate surface area is 193 Å². The van der Waals surface area contributed by atoms with Gasteiger partial charge in [0.2, 0.25) is 5.91 Å². The molecule has 5 heteroatoms. The van der Waals surface area contributed by atoms with Crippen LogP contribution in [0.1, 0.15) is 74.1 Å². The summed E-state index contributed by atoms with van der Waals surface area (Å²) in [6.45, 7) is 27.9. The number of carbonyl (C=O) groups excluding carboxylic acids is 2. The lowest BCUT2D eigenvalue weighted by Crippen LogP contribution is -2.45. The van der Waals surface area contributed by atoms with E-state index in [0.29, 0.717) is 13.1 Å². The Balaban J connectivity index is 2.69. The lowest BCUT2D eigenvalue weighted by molar-refractivity contribution is -0.125. The van der Waals surface area contributed by atoms with Gasteiger partial charge in [-0.3, -0.25) is 9.69 Å². The monoisotopic (exact) mass is 448 g/mol. The summed E-state index contributed by atoms with van der Waals surface area (Å²) in [6.07, 6.45) is 5.83. The van der Waals surface area contributed by atoms with Gasteiger partial charge in [0.1, 0.15) is 6.54 Å². The predicted octanol–water partition coefficient (Wildman–Crippen LogP) is 6.90. The second-order valence-electron chi connectivity index (χ2n) is 11.2. The fourth-order valence-electron chi connectivity index (χ4n) is 4.57. The first-order chi connectivity index (χ1) is 14.2. The maximum absolute atomic E-state index is 12.8. The minimum Gasteiger partial charge on any atom is -0.315 e. The molecule has 1 heterocycles. The fourth-order valence-corrected chi connectivity index (χ4v) is 6.39. The quantitative estimate of drug-likeness (QED) is 0.165. The van der Waals surface area contributed by atoms with Crippen LogP contribution in [0.25, 0.3) is 0 Å². The third-order valence-corrected chi connectivity index (χ3v) is 13.2. The Kier molecular flexibility index (Phi) is 9.37. The van der Waals surface area contributed by atoms with E-state index in [1.807, 2.05) is 0 Å². The molecule has 0 aromatic carbocycles. The van der Waals surface area contributed by atoms with E-state index in [2.05, 4.69) is 79.9 Å². The molecule has 1 aliphatic heterocycles. The number of hydrogen-bond acceptors (Lipinski definition) is 2. The molecule has 1 fully saturated rings. The summed E-state index contributed by atoms with van der Waals surface area (Å²) in [5, 5.41) is 0.